The van der Waals surface area contributed by atoms with E-state index in [0.29, 0.717) is 18.3 Å². The van der Waals surface area contributed by atoms with Gasteiger partial charge in [0.1, 0.15) is 0 Å². The number of hydrogen-bond donors (Lipinski definition) is 1. The molecular formula is C19H34N2O4. The molecular weight excluding hydrogens is 320 g/mol. The molecule has 1 aliphatic carbocycles. The molecule has 3 rings (SSSR count). The number of amides is 1. The van der Waals surface area contributed by atoms with Gasteiger partial charge in [0.05, 0.1) is 19.1 Å². The molecule has 6 heteroatoms. The maximum atomic E-state index is 11.9. The van der Waals surface area contributed by atoms with Gasteiger partial charge < -0.3 is 19.6 Å². The molecule has 2 heterocycles. The van der Waals surface area contributed by atoms with Crippen molar-refractivity contribution in [2.75, 3.05) is 40.3 Å². The molecule has 1 N–H and O–H groups in total. The van der Waals surface area contributed by atoms with Crippen LogP contribution in [0.2, 0.25) is 0 Å². The number of piperidine rings is 1. The molecule has 3 fully saturated rings. The first-order valence-electron chi connectivity index (χ1n) is 9.67. The van der Waals surface area contributed by atoms with Crippen LogP contribution in [-0.4, -0.2) is 73.7 Å². The van der Waals surface area contributed by atoms with Gasteiger partial charge in [-0.15, -0.1) is 0 Å². The minimum atomic E-state index is -0.250. The van der Waals surface area contributed by atoms with Crippen LogP contribution in [0.25, 0.3) is 0 Å². The molecule has 1 saturated carbocycles. The van der Waals surface area contributed by atoms with E-state index in [0.717, 1.165) is 12.5 Å². The highest BCUT2D eigenvalue weighted by atomic mass is 16.5. The van der Waals surface area contributed by atoms with E-state index in [1.807, 2.05) is 14.1 Å². The third kappa shape index (κ3) is 5.96. The minimum absolute atomic E-state index is 0.164. The summed E-state index contributed by atoms with van der Waals surface area (Å²) >= 11 is 0. The highest BCUT2D eigenvalue weighted by molar-refractivity contribution is 5.76. The molecule has 3 atom stereocenters. The van der Waals surface area contributed by atoms with Crippen molar-refractivity contribution < 1.29 is 19.4 Å². The van der Waals surface area contributed by atoms with Crippen LogP contribution in [0.15, 0.2) is 0 Å². The molecule has 0 aromatic heterocycles. The van der Waals surface area contributed by atoms with Gasteiger partial charge in [0, 0.05) is 33.1 Å². The Kier molecular flexibility index (Phi) is 8.16. The summed E-state index contributed by atoms with van der Waals surface area (Å²) < 4.78 is 5.98. The van der Waals surface area contributed by atoms with Crippen molar-refractivity contribution >= 4 is 12.4 Å². The molecule has 25 heavy (non-hydrogen) atoms. The van der Waals surface area contributed by atoms with Gasteiger partial charge in [0.15, 0.2) is 0 Å². The van der Waals surface area contributed by atoms with E-state index in [-0.39, 0.29) is 18.5 Å². The Morgan fingerprint density at radius 2 is 1.92 bits per heavy atom. The Morgan fingerprint density at radius 1 is 1.24 bits per heavy atom. The third-order valence-corrected chi connectivity index (χ3v) is 5.99. The molecule has 0 aromatic carbocycles. The van der Waals surface area contributed by atoms with Crippen LogP contribution in [-0.2, 0) is 14.3 Å². The van der Waals surface area contributed by atoms with Gasteiger partial charge in [-0.2, -0.15) is 0 Å². The molecule has 2 saturated heterocycles. The lowest BCUT2D eigenvalue weighted by atomic mass is 9.82. The molecule has 3 aliphatic rings. The summed E-state index contributed by atoms with van der Waals surface area (Å²) in [4.78, 5) is 24.7. The second-order valence-electron chi connectivity index (χ2n) is 7.95. The van der Waals surface area contributed by atoms with Crippen LogP contribution < -0.4 is 0 Å². The van der Waals surface area contributed by atoms with E-state index < -0.39 is 0 Å². The third-order valence-electron chi connectivity index (χ3n) is 5.99. The molecule has 0 radical (unpaired) electrons. The zero-order valence-corrected chi connectivity index (χ0v) is 15.7. The fraction of sp³-hybridized carbons (Fsp3) is 0.895. The first-order valence-corrected chi connectivity index (χ1v) is 9.67. The predicted octanol–water partition coefficient (Wildman–Crippen LogP) is 2.08. The Labute approximate surface area is 151 Å². The fourth-order valence-corrected chi connectivity index (χ4v) is 4.63. The number of nitrogens with zero attached hydrogens (tertiary/aromatic N) is 2. The first kappa shape index (κ1) is 20.2. The lowest BCUT2D eigenvalue weighted by Gasteiger charge is -2.38. The highest BCUT2D eigenvalue weighted by Crippen LogP contribution is 2.37. The Morgan fingerprint density at radius 3 is 2.56 bits per heavy atom. The molecule has 6 nitrogen and oxygen atoms in total. The molecule has 0 aromatic rings. The summed E-state index contributed by atoms with van der Waals surface area (Å²) in [5.41, 5.74) is 0. The van der Waals surface area contributed by atoms with Crippen molar-refractivity contribution in [3.63, 3.8) is 0 Å². The number of fused-ring (bicyclic) bond motifs is 1. The number of hydrogen-bond acceptors (Lipinski definition) is 4. The number of rotatable bonds is 4. The van der Waals surface area contributed by atoms with Crippen molar-refractivity contribution in [2.24, 2.45) is 17.8 Å². The molecule has 144 valence electrons. The van der Waals surface area contributed by atoms with Crippen LogP contribution in [0.4, 0.5) is 0 Å². The fourth-order valence-electron chi connectivity index (χ4n) is 4.63. The highest BCUT2D eigenvalue weighted by Gasteiger charge is 2.41. The average Bonchev–Trinajstić information content (AvgIpc) is 2.98. The first-order chi connectivity index (χ1) is 12.0. The Bertz CT molecular complexity index is 424. The smallest absolute Gasteiger partial charge is 0.290 e. The van der Waals surface area contributed by atoms with Gasteiger partial charge in [-0.3, -0.25) is 9.59 Å². The van der Waals surface area contributed by atoms with Crippen molar-refractivity contribution in [3.8, 4) is 0 Å². The van der Waals surface area contributed by atoms with Crippen LogP contribution in [0.1, 0.15) is 44.9 Å². The summed E-state index contributed by atoms with van der Waals surface area (Å²) in [7, 11) is 3.67. The molecule has 0 unspecified atom stereocenters. The van der Waals surface area contributed by atoms with Crippen molar-refractivity contribution in [1.82, 2.24) is 9.80 Å². The van der Waals surface area contributed by atoms with E-state index in [4.69, 9.17) is 14.6 Å². The quantitative estimate of drug-likeness (QED) is 0.783. The van der Waals surface area contributed by atoms with Crippen LogP contribution in [0.5, 0.6) is 0 Å². The van der Waals surface area contributed by atoms with Gasteiger partial charge in [-0.1, -0.05) is 19.3 Å². The van der Waals surface area contributed by atoms with Gasteiger partial charge in [-0.05, 0) is 37.6 Å². The van der Waals surface area contributed by atoms with Crippen LogP contribution in [0.3, 0.4) is 0 Å². The number of carbonyl (C=O) groups is 2. The Balaban J connectivity index is 0.000000701. The summed E-state index contributed by atoms with van der Waals surface area (Å²) in [5, 5.41) is 6.89. The van der Waals surface area contributed by atoms with E-state index in [9.17, 15) is 4.79 Å². The standard InChI is InChI=1S/C18H32N2O2.CH2O2/c1-19(2)18(21)10-17-16-8-9-20(12-15(16)13-22-17)11-14-6-4-3-5-7-14;2-1-3/h14-17H,3-13H2,1-2H3;1H,(H,2,3)/t15-,16-,17+;/m1./s1. The zero-order chi connectivity index (χ0) is 18.2. The number of carbonyl (C=O) groups excluding carboxylic acids is 1. The maximum Gasteiger partial charge on any atom is 0.290 e. The lowest BCUT2D eigenvalue weighted by molar-refractivity contribution is -0.131. The second kappa shape index (κ2) is 10.1. The van der Waals surface area contributed by atoms with Crippen LogP contribution in [0, 0.1) is 17.8 Å². The van der Waals surface area contributed by atoms with Crippen molar-refractivity contribution in [3.05, 3.63) is 0 Å². The SMILES string of the molecule is CN(C)C(=O)C[C@@H]1OC[C@H]2CN(CC3CCCCC3)CC[C@H]21.O=CO. The predicted molar refractivity (Wildman–Crippen MR) is 96.4 cm³/mol. The van der Waals surface area contributed by atoms with Gasteiger partial charge in [0.25, 0.3) is 6.47 Å². The van der Waals surface area contributed by atoms with Crippen molar-refractivity contribution in [1.29, 1.82) is 0 Å². The summed E-state index contributed by atoms with van der Waals surface area (Å²) in [6.07, 6.45) is 9.11. The topological polar surface area (TPSA) is 70.1 Å². The summed E-state index contributed by atoms with van der Waals surface area (Å²) in [6.45, 7) is 4.29. The Hall–Kier alpha value is -1.14. The number of likely N-dealkylation sites (tertiary alicyclic amines) is 1. The van der Waals surface area contributed by atoms with E-state index >= 15 is 0 Å². The monoisotopic (exact) mass is 354 g/mol. The van der Waals surface area contributed by atoms with E-state index in [1.54, 1.807) is 4.90 Å². The molecule has 0 bridgehead atoms. The second-order valence-corrected chi connectivity index (χ2v) is 7.95. The molecule has 0 spiro atoms. The lowest BCUT2D eigenvalue weighted by Crippen LogP contribution is -2.44. The largest absolute Gasteiger partial charge is 0.483 e. The normalized spacial score (nSPS) is 30.1. The minimum Gasteiger partial charge on any atom is -0.483 e. The molecule has 1 amide bonds. The van der Waals surface area contributed by atoms with Crippen LogP contribution >= 0.6 is 0 Å². The summed E-state index contributed by atoms with van der Waals surface area (Å²) in [5.74, 6) is 2.39. The average molecular weight is 354 g/mol. The maximum absolute atomic E-state index is 11.9. The van der Waals surface area contributed by atoms with Gasteiger partial charge in [-0.25, -0.2) is 0 Å². The number of carboxylic acid groups (broad SMARTS) is 1. The van der Waals surface area contributed by atoms with E-state index in [2.05, 4.69) is 4.90 Å². The van der Waals surface area contributed by atoms with E-state index in [1.165, 1.54) is 58.2 Å². The number of ether oxygens (including phenoxy) is 1. The van der Waals surface area contributed by atoms with Gasteiger partial charge in [0.2, 0.25) is 5.91 Å². The van der Waals surface area contributed by atoms with Crippen molar-refractivity contribution in [2.45, 2.75) is 51.0 Å². The van der Waals surface area contributed by atoms with Gasteiger partial charge >= 0.3 is 0 Å². The zero-order valence-electron chi connectivity index (χ0n) is 15.7. The summed E-state index contributed by atoms with van der Waals surface area (Å²) in [6, 6.07) is 0. The molecule has 2 aliphatic heterocycles.